The van der Waals surface area contributed by atoms with Gasteiger partial charge in [-0.05, 0) is 31.5 Å². The third kappa shape index (κ3) is 1.16. The van der Waals surface area contributed by atoms with Crippen molar-refractivity contribution in [1.82, 2.24) is 9.61 Å². The van der Waals surface area contributed by atoms with Crippen LogP contribution in [0.5, 0.6) is 0 Å². The van der Waals surface area contributed by atoms with Gasteiger partial charge in [0.25, 0.3) is 5.91 Å². The van der Waals surface area contributed by atoms with Crippen molar-refractivity contribution in [2.24, 2.45) is 5.73 Å². The molecule has 2 rings (SSSR count). The molecule has 0 spiro atoms. The number of aryl methyl sites for hydroxylation is 2. The Morgan fingerprint density at radius 1 is 1.50 bits per heavy atom. The van der Waals surface area contributed by atoms with Crippen molar-refractivity contribution in [3.05, 3.63) is 35.2 Å². The number of fused-ring (bicyclic) bond motifs is 1. The van der Waals surface area contributed by atoms with Gasteiger partial charge in [-0.25, -0.2) is 4.52 Å². The normalized spacial score (nSPS) is 10.7. The molecule has 0 radical (unpaired) electrons. The summed E-state index contributed by atoms with van der Waals surface area (Å²) < 4.78 is 1.67. The SMILES string of the molecule is Cc1ccn2nc(C)c(C(N)=O)c2c1. The summed E-state index contributed by atoms with van der Waals surface area (Å²) in [5, 5.41) is 4.19. The van der Waals surface area contributed by atoms with Crippen molar-refractivity contribution in [2.45, 2.75) is 13.8 Å². The third-order valence-corrected chi connectivity index (χ3v) is 2.21. The fraction of sp³-hybridized carbons (Fsp3) is 0.200. The Kier molecular flexibility index (Phi) is 1.77. The number of rotatable bonds is 1. The fourth-order valence-corrected chi connectivity index (χ4v) is 1.57. The molecule has 0 saturated carbocycles. The summed E-state index contributed by atoms with van der Waals surface area (Å²) in [5.74, 6) is -0.428. The van der Waals surface area contributed by atoms with E-state index in [4.69, 9.17) is 5.73 Å². The lowest BCUT2D eigenvalue weighted by Crippen LogP contribution is -2.11. The van der Waals surface area contributed by atoms with E-state index in [-0.39, 0.29) is 0 Å². The summed E-state index contributed by atoms with van der Waals surface area (Å²) in [6, 6.07) is 3.84. The second-order valence-corrected chi connectivity index (χ2v) is 3.36. The van der Waals surface area contributed by atoms with Crippen LogP contribution in [-0.4, -0.2) is 15.5 Å². The van der Waals surface area contributed by atoms with Crippen LogP contribution in [-0.2, 0) is 0 Å². The standard InChI is InChI=1S/C10H11N3O/c1-6-3-4-13-8(5-6)9(10(11)14)7(2)12-13/h3-5H,1-2H3,(H2,11,14). The van der Waals surface area contributed by atoms with Crippen molar-refractivity contribution >= 4 is 11.4 Å². The molecule has 2 aromatic heterocycles. The largest absolute Gasteiger partial charge is 0.365 e. The number of nitrogens with two attached hydrogens (primary N) is 1. The molecule has 0 unspecified atom stereocenters. The van der Waals surface area contributed by atoms with Crippen molar-refractivity contribution in [3.8, 4) is 0 Å². The van der Waals surface area contributed by atoms with Crippen LogP contribution in [0.3, 0.4) is 0 Å². The van der Waals surface area contributed by atoms with Gasteiger partial charge in [-0.3, -0.25) is 4.79 Å². The van der Waals surface area contributed by atoms with E-state index in [2.05, 4.69) is 5.10 Å². The Balaban J connectivity index is 2.86. The highest BCUT2D eigenvalue weighted by molar-refractivity contribution is 6.00. The van der Waals surface area contributed by atoms with Crippen molar-refractivity contribution in [3.63, 3.8) is 0 Å². The van der Waals surface area contributed by atoms with E-state index in [1.165, 1.54) is 0 Å². The smallest absolute Gasteiger partial charge is 0.252 e. The number of hydrogen-bond donors (Lipinski definition) is 1. The zero-order chi connectivity index (χ0) is 10.3. The van der Waals surface area contributed by atoms with Crippen LogP contribution in [0.4, 0.5) is 0 Å². The first-order valence-corrected chi connectivity index (χ1v) is 4.35. The van der Waals surface area contributed by atoms with Gasteiger partial charge in [0, 0.05) is 6.20 Å². The second-order valence-electron chi connectivity index (χ2n) is 3.36. The molecule has 14 heavy (non-hydrogen) atoms. The minimum atomic E-state index is -0.428. The average molecular weight is 189 g/mol. The maximum Gasteiger partial charge on any atom is 0.252 e. The van der Waals surface area contributed by atoms with Gasteiger partial charge in [0.2, 0.25) is 0 Å². The molecule has 0 saturated heterocycles. The van der Waals surface area contributed by atoms with Crippen LogP contribution in [0.1, 0.15) is 21.6 Å². The fourth-order valence-electron chi connectivity index (χ4n) is 1.57. The molecule has 2 N–H and O–H groups in total. The van der Waals surface area contributed by atoms with Crippen LogP contribution in [0.25, 0.3) is 5.52 Å². The molecule has 0 atom stereocenters. The third-order valence-electron chi connectivity index (χ3n) is 2.21. The molecule has 2 aromatic rings. The molecule has 4 heteroatoms. The molecule has 0 aliphatic carbocycles. The minimum absolute atomic E-state index is 0.428. The Labute approximate surface area is 81.3 Å². The molecule has 0 aliphatic heterocycles. The van der Waals surface area contributed by atoms with Gasteiger partial charge < -0.3 is 5.73 Å². The molecule has 72 valence electrons. The number of pyridine rings is 1. The first kappa shape index (κ1) is 8.74. The first-order valence-electron chi connectivity index (χ1n) is 4.35. The van der Waals surface area contributed by atoms with Crippen LogP contribution < -0.4 is 5.73 Å². The van der Waals surface area contributed by atoms with E-state index in [0.29, 0.717) is 11.3 Å². The number of nitrogens with zero attached hydrogens (tertiary/aromatic N) is 2. The van der Waals surface area contributed by atoms with Crippen molar-refractivity contribution in [2.75, 3.05) is 0 Å². The molecule has 0 aliphatic rings. The molecule has 1 amide bonds. The summed E-state index contributed by atoms with van der Waals surface area (Å²) in [7, 11) is 0. The Morgan fingerprint density at radius 2 is 2.21 bits per heavy atom. The number of carbonyl (C=O) groups is 1. The number of amides is 1. The topological polar surface area (TPSA) is 60.4 Å². The Morgan fingerprint density at radius 3 is 2.86 bits per heavy atom. The predicted octanol–water partition coefficient (Wildman–Crippen LogP) is 1.05. The predicted molar refractivity (Wildman–Crippen MR) is 53.2 cm³/mol. The second kappa shape index (κ2) is 2.83. The van der Waals surface area contributed by atoms with Crippen LogP contribution in [0.15, 0.2) is 18.3 Å². The maximum atomic E-state index is 11.2. The highest BCUT2D eigenvalue weighted by Crippen LogP contribution is 2.15. The maximum absolute atomic E-state index is 11.2. The Bertz CT molecular complexity index is 513. The molecule has 2 heterocycles. The zero-order valence-electron chi connectivity index (χ0n) is 8.11. The van der Waals surface area contributed by atoms with Crippen LogP contribution in [0.2, 0.25) is 0 Å². The lowest BCUT2D eigenvalue weighted by molar-refractivity contribution is 0.100. The lowest BCUT2D eigenvalue weighted by atomic mass is 10.1. The molecule has 0 aromatic carbocycles. The van der Waals surface area contributed by atoms with E-state index in [9.17, 15) is 4.79 Å². The van der Waals surface area contributed by atoms with Gasteiger partial charge in [0.15, 0.2) is 0 Å². The van der Waals surface area contributed by atoms with Gasteiger partial charge in [-0.2, -0.15) is 5.10 Å². The number of hydrogen-bond acceptors (Lipinski definition) is 2. The van der Waals surface area contributed by atoms with E-state index in [1.54, 1.807) is 11.4 Å². The van der Waals surface area contributed by atoms with Gasteiger partial charge in [-0.1, -0.05) is 0 Å². The first-order chi connectivity index (χ1) is 6.59. The molecular weight excluding hydrogens is 178 g/mol. The highest BCUT2D eigenvalue weighted by atomic mass is 16.1. The van der Waals surface area contributed by atoms with E-state index in [0.717, 1.165) is 11.1 Å². The zero-order valence-corrected chi connectivity index (χ0v) is 8.11. The molecule has 0 bridgehead atoms. The van der Waals surface area contributed by atoms with Gasteiger partial charge in [0.05, 0.1) is 16.8 Å². The molecule has 4 nitrogen and oxygen atoms in total. The average Bonchev–Trinajstić information content (AvgIpc) is 2.40. The molecule has 0 fully saturated rings. The van der Waals surface area contributed by atoms with Crippen molar-refractivity contribution in [1.29, 1.82) is 0 Å². The van der Waals surface area contributed by atoms with E-state index in [1.807, 2.05) is 25.3 Å². The minimum Gasteiger partial charge on any atom is -0.365 e. The Hall–Kier alpha value is -1.84. The quantitative estimate of drug-likeness (QED) is 0.728. The molecular formula is C10H11N3O. The number of carbonyl (C=O) groups excluding carboxylic acids is 1. The highest BCUT2D eigenvalue weighted by Gasteiger charge is 2.13. The number of aromatic nitrogens is 2. The lowest BCUT2D eigenvalue weighted by Gasteiger charge is -1.96. The summed E-state index contributed by atoms with van der Waals surface area (Å²) in [4.78, 5) is 11.2. The summed E-state index contributed by atoms with van der Waals surface area (Å²) in [6.45, 7) is 3.75. The van der Waals surface area contributed by atoms with Gasteiger partial charge >= 0.3 is 0 Å². The summed E-state index contributed by atoms with van der Waals surface area (Å²) in [6.07, 6.45) is 1.82. The van der Waals surface area contributed by atoms with Gasteiger partial charge in [-0.15, -0.1) is 0 Å². The monoisotopic (exact) mass is 189 g/mol. The summed E-state index contributed by atoms with van der Waals surface area (Å²) >= 11 is 0. The van der Waals surface area contributed by atoms with Crippen LogP contribution in [0, 0.1) is 13.8 Å². The van der Waals surface area contributed by atoms with Crippen LogP contribution >= 0.6 is 0 Å². The van der Waals surface area contributed by atoms with E-state index >= 15 is 0 Å². The number of primary amides is 1. The summed E-state index contributed by atoms with van der Waals surface area (Å²) in [5.41, 5.74) is 8.32. The van der Waals surface area contributed by atoms with E-state index < -0.39 is 5.91 Å². The van der Waals surface area contributed by atoms with Crippen molar-refractivity contribution < 1.29 is 4.79 Å². The van der Waals surface area contributed by atoms with Gasteiger partial charge in [0.1, 0.15) is 0 Å².